The smallest absolute Gasteiger partial charge is 0.194 e. The summed E-state index contributed by atoms with van der Waals surface area (Å²) in [6, 6.07) is 8.09. The minimum absolute atomic E-state index is 0.751. The maximum Gasteiger partial charge on any atom is 0.194 e. The first-order valence-corrected chi connectivity index (χ1v) is 8.03. The molecule has 3 rings (SSSR count). The van der Waals surface area contributed by atoms with Crippen LogP contribution in [0.3, 0.4) is 0 Å². The molecular formula is C16H19N3OS. The van der Waals surface area contributed by atoms with E-state index in [1.54, 1.807) is 11.3 Å². The summed E-state index contributed by atoms with van der Waals surface area (Å²) in [6.07, 6.45) is 3.08. The third-order valence-electron chi connectivity index (χ3n) is 3.33. The van der Waals surface area contributed by atoms with Crippen molar-refractivity contribution in [3.8, 4) is 5.75 Å². The van der Waals surface area contributed by atoms with E-state index in [2.05, 4.69) is 46.2 Å². The normalized spacial score (nSPS) is 11.0. The number of rotatable bonds is 6. The molecular weight excluding hydrogens is 282 g/mol. The summed E-state index contributed by atoms with van der Waals surface area (Å²) in [5, 5.41) is 5.51. The van der Waals surface area contributed by atoms with E-state index in [9.17, 15) is 0 Å². The van der Waals surface area contributed by atoms with Gasteiger partial charge in [-0.2, -0.15) is 0 Å². The lowest BCUT2D eigenvalue weighted by Crippen LogP contribution is -2.04. The van der Waals surface area contributed by atoms with Crippen LogP contribution in [-0.2, 0) is 6.54 Å². The highest BCUT2D eigenvalue weighted by atomic mass is 32.1. The van der Waals surface area contributed by atoms with Crippen molar-refractivity contribution in [2.75, 3.05) is 11.9 Å². The molecule has 0 bridgehead atoms. The molecule has 5 heteroatoms. The first kappa shape index (κ1) is 13.9. The summed E-state index contributed by atoms with van der Waals surface area (Å²) in [7, 11) is 0. The van der Waals surface area contributed by atoms with Gasteiger partial charge in [-0.1, -0.05) is 13.0 Å². The van der Waals surface area contributed by atoms with E-state index in [1.807, 2.05) is 18.2 Å². The number of hydrogen-bond donors (Lipinski definition) is 1. The number of thiazole rings is 1. The van der Waals surface area contributed by atoms with Crippen LogP contribution in [0.5, 0.6) is 5.75 Å². The van der Waals surface area contributed by atoms with Crippen molar-refractivity contribution in [1.82, 2.24) is 9.38 Å². The SMILES string of the molecule is CCCOc1cccc(NCc2c(C)nc3sccn23)c1. The zero-order valence-corrected chi connectivity index (χ0v) is 13.1. The Morgan fingerprint density at radius 3 is 3.14 bits per heavy atom. The maximum atomic E-state index is 5.66. The second-order valence-corrected chi connectivity index (χ2v) is 5.80. The molecule has 1 N–H and O–H groups in total. The average molecular weight is 301 g/mol. The number of hydrogen-bond acceptors (Lipinski definition) is 4. The molecule has 0 aliphatic carbocycles. The Bertz CT molecular complexity index is 732. The van der Waals surface area contributed by atoms with Gasteiger partial charge >= 0.3 is 0 Å². The van der Waals surface area contributed by atoms with Gasteiger partial charge in [0.05, 0.1) is 24.5 Å². The van der Waals surface area contributed by atoms with Crippen molar-refractivity contribution in [2.45, 2.75) is 26.8 Å². The minimum Gasteiger partial charge on any atom is -0.494 e. The highest BCUT2D eigenvalue weighted by Crippen LogP contribution is 2.21. The van der Waals surface area contributed by atoms with Gasteiger partial charge in [-0.05, 0) is 25.5 Å². The van der Waals surface area contributed by atoms with E-state index < -0.39 is 0 Å². The number of ether oxygens (including phenoxy) is 1. The lowest BCUT2D eigenvalue weighted by atomic mass is 10.2. The Morgan fingerprint density at radius 1 is 1.38 bits per heavy atom. The van der Waals surface area contributed by atoms with Gasteiger partial charge < -0.3 is 10.1 Å². The molecule has 0 unspecified atom stereocenters. The van der Waals surface area contributed by atoms with E-state index in [1.165, 1.54) is 5.69 Å². The number of aryl methyl sites for hydroxylation is 1. The Labute approximate surface area is 128 Å². The van der Waals surface area contributed by atoms with Gasteiger partial charge in [-0.25, -0.2) is 4.98 Å². The summed E-state index contributed by atoms with van der Waals surface area (Å²) in [5.74, 6) is 0.910. The van der Waals surface area contributed by atoms with Crippen molar-refractivity contribution < 1.29 is 4.74 Å². The van der Waals surface area contributed by atoms with Crippen LogP contribution in [0.2, 0.25) is 0 Å². The predicted molar refractivity (Wildman–Crippen MR) is 87.4 cm³/mol. The fraction of sp³-hybridized carbons (Fsp3) is 0.312. The zero-order chi connectivity index (χ0) is 14.7. The summed E-state index contributed by atoms with van der Waals surface area (Å²) in [5.41, 5.74) is 3.34. The fourth-order valence-electron chi connectivity index (χ4n) is 2.26. The average Bonchev–Trinajstić information content (AvgIpc) is 3.04. The number of imidazole rings is 1. The van der Waals surface area contributed by atoms with Crippen LogP contribution in [-0.4, -0.2) is 16.0 Å². The molecule has 0 amide bonds. The lowest BCUT2D eigenvalue weighted by molar-refractivity contribution is 0.317. The van der Waals surface area contributed by atoms with Crippen LogP contribution in [0.15, 0.2) is 35.8 Å². The van der Waals surface area contributed by atoms with Gasteiger partial charge in [-0.3, -0.25) is 4.40 Å². The summed E-state index contributed by atoms with van der Waals surface area (Å²) >= 11 is 1.66. The van der Waals surface area contributed by atoms with E-state index >= 15 is 0 Å². The summed E-state index contributed by atoms with van der Waals surface area (Å²) in [6.45, 7) is 5.66. The minimum atomic E-state index is 0.751. The highest BCUT2D eigenvalue weighted by molar-refractivity contribution is 7.15. The van der Waals surface area contributed by atoms with Crippen LogP contribution in [0, 0.1) is 6.92 Å². The molecule has 4 nitrogen and oxygen atoms in total. The standard InChI is InChI=1S/C16H19N3OS/c1-3-8-20-14-6-4-5-13(10-14)17-11-15-12(2)18-16-19(15)7-9-21-16/h4-7,9-10,17H,3,8,11H2,1-2H3. The van der Waals surface area contributed by atoms with Gasteiger partial charge in [0.25, 0.3) is 0 Å². The molecule has 110 valence electrons. The topological polar surface area (TPSA) is 38.6 Å². The third-order valence-corrected chi connectivity index (χ3v) is 4.08. The fourth-order valence-corrected chi connectivity index (χ4v) is 3.03. The molecule has 0 saturated carbocycles. The van der Waals surface area contributed by atoms with Crippen molar-refractivity contribution in [3.63, 3.8) is 0 Å². The number of benzene rings is 1. The number of fused-ring (bicyclic) bond motifs is 1. The summed E-state index contributed by atoms with van der Waals surface area (Å²) in [4.78, 5) is 5.61. The van der Waals surface area contributed by atoms with E-state index in [0.29, 0.717) is 0 Å². The summed E-state index contributed by atoms with van der Waals surface area (Å²) < 4.78 is 7.80. The second kappa shape index (κ2) is 6.18. The van der Waals surface area contributed by atoms with Crippen molar-refractivity contribution >= 4 is 22.0 Å². The molecule has 0 atom stereocenters. The monoisotopic (exact) mass is 301 g/mol. The molecule has 0 fully saturated rings. The first-order chi connectivity index (χ1) is 10.3. The number of aromatic nitrogens is 2. The van der Waals surface area contributed by atoms with Crippen LogP contribution >= 0.6 is 11.3 Å². The molecule has 2 heterocycles. The van der Waals surface area contributed by atoms with Crippen molar-refractivity contribution in [3.05, 3.63) is 47.2 Å². The Kier molecular flexibility index (Phi) is 4.10. The first-order valence-electron chi connectivity index (χ1n) is 7.15. The van der Waals surface area contributed by atoms with E-state index in [4.69, 9.17) is 4.74 Å². The predicted octanol–water partition coefficient (Wildman–Crippen LogP) is 4.11. The molecule has 0 spiro atoms. The van der Waals surface area contributed by atoms with Crippen LogP contribution < -0.4 is 10.1 Å². The van der Waals surface area contributed by atoms with Gasteiger partial charge in [0.1, 0.15) is 5.75 Å². The maximum absolute atomic E-state index is 5.66. The van der Waals surface area contributed by atoms with Gasteiger partial charge in [0, 0.05) is 23.3 Å². The van der Waals surface area contributed by atoms with Crippen LogP contribution in [0.25, 0.3) is 4.96 Å². The molecule has 0 aliphatic rings. The van der Waals surface area contributed by atoms with E-state index in [0.717, 1.165) is 41.7 Å². The number of nitrogens with one attached hydrogen (secondary N) is 1. The zero-order valence-electron chi connectivity index (χ0n) is 12.3. The molecule has 0 radical (unpaired) electrons. The van der Waals surface area contributed by atoms with Crippen molar-refractivity contribution in [1.29, 1.82) is 0 Å². The van der Waals surface area contributed by atoms with Gasteiger partial charge in [0.2, 0.25) is 0 Å². The second-order valence-electron chi connectivity index (χ2n) is 4.93. The molecule has 21 heavy (non-hydrogen) atoms. The van der Waals surface area contributed by atoms with Crippen LogP contribution in [0.4, 0.5) is 5.69 Å². The highest BCUT2D eigenvalue weighted by Gasteiger charge is 2.09. The van der Waals surface area contributed by atoms with Crippen molar-refractivity contribution in [2.24, 2.45) is 0 Å². The number of anilines is 1. The molecule has 2 aromatic heterocycles. The Hall–Kier alpha value is -2.01. The molecule has 1 aromatic carbocycles. The lowest BCUT2D eigenvalue weighted by Gasteiger charge is -2.09. The molecule has 3 aromatic rings. The van der Waals surface area contributed by atoms with Gasteiger partial charge in [0.15, 0.2) is 4.96 Å². The number of nitrogens with zero attached hydrogens (tertiary/aromatic N) is 2. The Morgan fingerprint density at radius 2 is 2.29 bits per heavy atom. The largest absolute Gasteiger partial charge is 0.494 e. The van der Waals surface area contributed by atoms with Crippen LogP contribution in [0.1, 0.15) is 24.7 Å². The third kappa shape index (κ3) is 3.03. The quantitative estimate of drug-likeness (QED) is 0.745. The molecule has 0 aliphatic heterocycles. The van der Waals surface area contributed by atoms with Gasteiger partial charge in [-0.15, -0.1) is 11.3 Å². The van der Waals surface area contributed by atoms with E-state index in [-0.39, 0.29) is 0 Å². The Balaban J connectivity index is 1.72. The molecule has 0 saturated heterocycles.